The molecule has 0 unspecified atom stereocenters. The zero-order valence-electron chi connectivity index (χ0n) is 18.7. The van der Waals surface area contributed by atoms with Crippen molar-refractivity contribution in [1.82, 2.24) is 5.43 Å². The smallest absolute Gasteiger partial charge is 0.271 e. The fraction of sp³-hybridized carbons (Fsp3) is 0.143. The second-order valence-electron chi connectivity index (χ2n) is 7.58. The molecule has 0 aromatic heterocycles. The number of nitrogens with zero attached hydrogens (tertiary/aromatic N) is 1. The zero-order valence-corrected chi connectivity index (χ0v) is 18.7. The van der Waals surface area contributed by atoms with E-state index in [1.807, 2.05) is 68.4 Å². The van der Waals surface area contributed by atoms with Gasteiger partial charge in [0.05, 0.1) is 12.8 Å². The van der Waals surface area contributed by atoms with Gasteiger partial charge in [0, 0.05) is 5.56 Å². The zero-order chi connectivity index (χ0) is 23.0. The van der Waals surface area contributed by atoms with Gasteiger partial charge in [-0.1, -0.05) is 60.7 Å². The van der Waals surface area contributed by atoms with Gasteiger partial charge in [-0.2, -0.15) is 5.10 Å². The van der Waals surface area contributed by atoms with E-state index < -0.39 is 0 Å². The van der Waals surface area contributed by atoms with Gasteiger partial charge in [0.15, 0.2) is 11.5 Å². The van der Waals surface area contributed by atoms with Crippen molar-refractivity contribution in [3.05, 3.63) is 107 Å². The first-order valence-corrected chi connectivity index (χ1v) is 10.9. The maximum atomic E-state index is 12.3. The average molecular weight is 439 g/mol. The average Bonchev–Trinajstić information content (AvgIpc) is 2.84. The van der Waals surface area contributed by atoms with Gasteiger partial charge in [-0.25, -0.2) is 5.43 Å². The Kier molecular flexibility index (Phi) is 7.00. The Morgan fingerprint density at radius 3 is 2.55 bits per heavy atom. The lowest BCUT2D eigenvalue weighted by atomic mass is 10.1. The molecule has 1 amide bonds. The van der Waals surface area contributed by atoms with Crippen molar-refractivity contribution in [2.45, 2.75) is 20.5 Å². The molecule has 0 bridgehead atoms. The fourth-order valence-corrected chi connectivity index (χ4v) is 3.62. The normalized spacial score (nSPS) is 11.0. The van der Waals surface area contributed by atoms with Gasteiger partial charge in [0.1, 0.15) is 6.61 Å². The van der Waals surface area contributed by atoms with Gasteiger partial charge < -0.3 is 9.47 Å². The molecule has 4 aromatic rings. The molecule has 5 heteroatoms. The predicted molar refractivity (Wildman–Crippen MR) is 132 cm³/mol. The number of nitrogens with one attached hydrogen (secondary N) is 1. The van der Waals surface area contributed by atoms with Gasteiger partial charge in [-0.05, 0) is 65.6 Å². The van der Waals surface area contributed by atoms with Crippen molar-refractivity contribution in [1.29, 1.82) is 0 Å². The highest BCUT2D eigenvalue weighted by atomic mass is 16.5. The fourth-order valence-electron chi connectivity index (χ4n) is 3.62. The van der Waals surface area contributed by atoms with E-state index in [0.29, 0.717) is 30.3 Å². The Hall–Kier alpha value is -4.12. The monoisotopic (exact) mass is 438 g/mol. The first-order chi connectivity index (χ1) is 16.2. The summed E-state index contributed by atoms with van der Waals surface area (Å²) in [5.41, 5.74) is 5.98. The molecule has 5 nitrogen and oxygen atoms in total. The first kappa shape index (κ1) is 22.1. The number of ether oxygens (including phenoxy) is 2. The van der Waals surface area contributed by atoms with Gasteiger partial charge in [-0.3, -0.25) is 4.79 Å². The van der Waals surface area contributed by atoms with Crippen molar-refractivity contribution in [2.75, 3.05) is 6.61 Å². The maximum absolute atomic E-state index is 12.3. The van der Waals surface area contributed by atoms with Crippen molar-refractivity contribution in [3.63, 3.8) is 0 Å². The topological polar surface area (TPSA) is 59.9 Å². The highest BCUT2D eigenvalue weighted by molar-refractivity contribution is 5.96. The van der Waals surface area contributed by atoms with Crippen molar-refractivity contribution in [2.24, 2.45) is 5.10 Å². The van der Waals surface area contributed by atoms with Crippen LogP contribution in [0.3, 0.4) is 0 Å². The molecule has 1 N–H and O–H groups in total. The summed E-state index contributed by atoms with van der Waals surface area (Å²) in [6.45, 7) is 4.76. The molecule has 0 saturated carbocycles. The minimum atomic E-state index is -0.246. The van der Waals surface area contributed by atoms with Crippen LogP contribution in [0.2, 0.25) is 0 Å². The van der Waals surface area contributed by atoms with E-state index in [0.717, 1.165) is 16.7 Å². The van der Waals surface area contributed by atoms with Crippen molar-refractivity contribution in [3.8, 4) is 11.5 Å². The standard InChI is InChI=1S/C28H26N2O3/c1-3-32-27-17-21(18-29-30-28(31)24-13-6-4-9-20(24)2)15-16-26(27)33-19-23-12-8-11-22-10-5-7-14-25(22)23/h4-18H,3,19H2,1-2H3,(H,30,31)/b29-18-. The molecule has 0 fully saturated rings. The van der Waals surface area contributed by atoms with Crippen LogP contribution in [-0.4, -0.2) is 18.7 Å². The van der Waals surface area contributed by atoms with E-state index in [4.69, 9.17) is 9.47 Å². The summed E-state index contributed by atoms with van der Waals surface area (Å²) in [5, 5.41) is 6.45. The number of benzene rings is 4. The molecule has 166 valence electrons. The number of hydrogen-bond acceptors (Lipinski definition) is 4. The minimum Gasteiger partial charge on any atom is -0.490 e. The van der Waals surface area contributed by atoms with E-state index in [-0.39, 0.29) is 5.91 Å². The second-order valence-corrected chi connectivity index (χ2v) is 7.58. The van der Waals surface area contributed by atoms with E-state index in [1.54, 1.807) is 12.3 Å². The number of amides is 1. The molecule has 0 saturated heterocycles. The maximum Gasteiger partial charge on any atom is 0.271 e. The van der Waals surface area contributed by atoms with Crippen LogP contribution in [-0.2, 0) is 6.61 Å². The van der Waals surface area contributed by atoms with Crippen LogP contribution in [0.4, 0.5) is 0 Å². The Balaban J connectivity index is 1.46. The summed E-state index contributed by atoms with van der Waals surface area (Å²) < 4.78 is 11.9. The second kappa shape index (κ2) is 10.5. The molecule has 0 aliphatic heterocycles. The number of carbonyl (C=O) groups is 1. The van der Waals surface area contributed by atoms with E-state index in [9.17, 15) is 4.79 Å². The van der Waals surface area contributed by atoms with Gasteiger partial charge in [0.2, 0.25) is 0 Å². The number of aryl methyl sites for hydroxylation is 1. The molecule has 0 aliphatic rings. The SMILES string of the molecule is CCOc1cc(/C=N\NC(=O)c2ccccc2C)ccc1OCc1cccc2ccccc12. The van der Waals surface area contributed by atoms with Crippen molar-refractivity contribution >= 4 is 22.9 Å². The molecule has 0 aliphatic carbocycles. The number of hydrogen-bond donors (Lipinski definition) is 1. The van der Waals surface area contributed by atoms with Crippen LogP contribution < -0.4 is 14.9 Å². The highest BCUT2D eigenvalue weighted by Gasteiger charge is 2.09. The Labute approximate surface area is 193 Å². The quantitative estimate of drug-likeness (QED) is 0.276. The lowest BCUT2D eigenvalue weighted by Crippen LogP contribution is -2.18. The number of carbonyl (C=O) groups excluding carboxylic acids is 1. The summed E-state index contributed by atoms with van der Waals surface area (Å²) in [4.78, 5) is 12.3. The molecule has 33 heavy (non-hydrogen) atoms. The summed E-state index contributed by atoms with van der Waals surface area (Å²) in [5.74, 6) is 1.04. The molecule has 0 radical (unpaired) electrons. The van der Waals surface area contributed by atoms with Crippen LogP contribution in [0, 0.1) is 6.92 Å². The van der Waals surface area contributed by atoms with Crippen LogP contribution in [0.1, 0.15) is 34.0 Å². The van der Waals surface area contributed by atoms with E-state index in [1.165, 1.54) is 10.8 Å². The minimum absolute atomic E-state index is 0.246. The lowest BCUT2D eigenvalue weighted by Gasteiger charge is -2.13. The predicted octanol–water partition coefficient (Wildman–Crippen LogP) is 5.89. The largest absolute Gasteiger partial charge is 0.490 e. The van der Waals surface area contributed by atoms with Crippen LogP contribution in [0.25, 0.3) is 10.8 Å². The van der Waals surface area contributed by atoms with Crippen LogP contribution >= 0.6 is 0 Å². The summed E-state index contributed by atoms with van der Waals surface area (Å²) in [6, 6.07) is 27.4. The molecular weight excluding hydrogens is 412 g/mol. The number of rotatable bonds is 8. The molecule has 4 aromatic carbocycles. The first-order valence-electron chi connectivity index (χ1n) is 10.9. The van der Waals surface area contributed by atoms with Gasteiger partial charge in [0.25, 0.3) is 5.91 Å². The third-order valence-electron chi connectivity index (χ3n) is 5.30. The lowest BCUT2D eigenvalue weighted by molar-refractivity contribution is 0.0954. The summed E-state index contributed by atoms with van der Waals surface area (Å²) in [6.07, 6.45) is 1.59. The Morgan fingerprint density at radius 2 is 1.70 bits per heavy atom. The summed E-state index contributed by atoms with van der Waals surface area (Å²) in [7, 11) is 0. The molecule has 0 spiro atoms. The van der Waals surface area contributed by atoms with Crippen LogP contribution in [0.15, 0.2) is 90.0 Å². The third-order valence-corrected chi connectivity index (χ3v) is 5.30. The number of fused-ring (bicyclic) bond motifs is 1. The molecule has 0 heterocycles. The van der Waals surface area contributed by atoms with Crippen molar-refractivity contribution < 1.29 is 14.3 Å². The van der Waals surface area contributed by atoms with E-state index >= 15 is 0 Å². The Bertz CT molecular complexity index is 1290. The highest BCUT2D eigenvalue weighted by Crippen LogP contribution is 2.30. The summed E-state index contributed by atoms with van der Waals surface area (Å²) >= 11 is 0. The third kappa shape index (κ3) is 5.39. The molecule has 4 rings (SSSR count). The Morgan fingerprint density at radius 1 is 0.909 bits per heavy atom. The van der Waals surface area contributed by atoms with E-state index in [2.05, 4.69) is 34.8 Å². The van der Waals surface area contributed by atoms with Gasteiger partial charge >= 0.3 is 0 Å². The van der Waals surface area contributed by atoms with Gasteiger partial charge in [-0.15, -0.1) is 0 Å². The molecule has 0 atom stereocenters. The van der Waals surface area contributed by atoms with Crippen LogP contribution in [0.5, 0.6) is 11.5 Å². The number of hydrazone groups is 1. The molecular formula is C28H26N2O3.